The molecule has 0 spiro atoms. The Balaban J connectivity index is 2.59. The molecule has 0 N–H and O–H groups in total. The third-order valence-electron chi connectivity index (χ3n) is 0.564. The summed E-state index contributed by atoms with van der Waals surface area (Å²) < 4.78 is 1.31. The average Bonchev–Trinajstić information content (AvgIpc) is 1.79. The molecule has 1 aliphatic carbocycles. The van der Waals surface area contributed by atoms with E-state index in [0.717, 1.165) is 0 Å². The Morgan fingerprint density at radius 1 is 1.80 bits per heavy atom. The van der Waals surface area contributed by atoms with Crippen LogP contribution in [0.5, 0.6) is 0 Å². The highest BCUT2D eigenvalue weighted by atomic mass is 127. The lowest BCUT2D eigenvalue weighted by Gasteiger charge is -1.60. The van der Waals surface area contributed by atoms with Crippen LogP contribution >= 0.6 is 22.6 Å². The third-order valence-corrected chi connectivity index (χ3v) is 1.64. The standard InChI is InChI=1S/C4H3I/c1-3-2-4(3)5/h1H3. The summed E-state index contributed by atoms with van der Waals surface area (Å²) in [6.45, 7) is 2.06. The smallest absolute Gasteiger partial charge is 0.0658 e. The highest BCUT2D eigenvalue weighted by Gasteiger charge is 2.01. The summed E-state index contributed by atoms with van der Waals surface area (Å²) in [5.41, 5.74) is 4.34. The summed E-state index contributed by atoms with van der Waals surface area (Å²) in [7, 11) is 0. The van der Waals surface area contributed by atoms with Gasteiger partial charge in [0, 0.05) is 5.57 Å². The Hall–Kier alpha value is 0.250. The van der Waals surface area contributed by atoms with Crippen molar-refractivity contribution >= 4 is 22.6 Å². The minimum atomic E-state index is 1.31. The number of halogens is 1. The van der Waals surface area contributed by atoms with Crippen LogP contribution in [0.3, 0.4) is 0 Å². The minimum Gasteiger partial charge on any atom is -0.100 e. The van der Waals surface area contributed by atoms with Gasteiger partial charge in [-0.15, -0.1) is 5.73 Å². The average molecular weight is 178 g/mol. The number of rotatable bonds is 0. The van der Waals surface area contributed by atoms with E-state index >= 15 is 0 Å². The van der Waals surface area contributed by atoms with Crippen molar-refractivity contribution in [2.75, 3.05) is 0 Å². The summed E-state index contributed by atoms with van der Waals surface area (Å²) in [4.78, 5) is 0. The molecule has 1 heteroatoms. The maximum Gasteiger partial charge on any atom is 0.0658 e. The second kappa shape index (κ2) is 0.854. The first kappa shape index (κ1) is 3.44. The van der Waals surface area contributed by atoms with Crippen LogP contribution in [-0.4, -0.2) is 0 Å². The van der Waals surface area contributed by atoms with Crippen LogP contribution in [0.4, 0.5) is 0 Å². The normalized spacial score (nSPS) is 17.2. The molecule has 0 saturated carbocycles. The first-order valence-corrected chi connectivity index (χ1v) is 2.52. The van der Waals surface area contributed by atoms with Gasteiger partial charge in [0.05, 0.1) is 3.58 Å². The van der Waals surface area contributed by atoms with E-state index in [1.165, 1.54) is 9.15 Å². The SMILES string of the molecule is CC1=C=C1I. The molecular weight excluding hydrogens is 175 g/mol. The molecule has 5 heavy (non-hydrogen) atoms. The van der Waals surface area contributed by atoms with Gasteiger partial charge in [0.2, 0.25) is 0 Å². The Morgan fingerprint density at radius 3 is 2.00 bits per heavy atom. The van der Waals surface area contributed by atoms with Gasteiger partial charge in [0.15, 0.2) is 0 Å². The van der Waals surface area contributed by atoms with E-state index in [-0.39, 0.29) is 0 Å². The molecule has 0 bridgehead atoms. The zero-order chi connectivity index (χ0) is 3.86. The second-order valence-electron chi connectivity index (χ2n) is 1.06. The Labute approximate surface area is 44.7 Å². The zero-order valence-electron chi connectivity index (χ0n) is 2.88. The molecule has 0 heterocycles. The van der Waals surface area contributed by atoms with Crippen LogP contribution in [0.15, 0.2) is 14.9 Å². The van der Waals surface area contributed by atoms with Crippen molar-refractivity contribution in [3.63, 3.8) is 0 Å². The van der Waals surface area contributed by atoms with Gasteiger partial charge in [-0.05, 0) is 29.5 Å². The molecule has 26 valence electrons. The van der Waals surface area contributed by atoms with Crippen LogP contribution in [0.25, 0.3) is 0 Å². The number of allylic oxidation sites excluding steroid dienone is 1. The molecule has 1 rings (SSSR count). The fraction of sp³-hybridized carbons (Fsp3) is 0.250. The lowest BCUT2D eigenvalue weighted by Crippen LogP contribution is -1.40. The van der Waals surface area contributed by atoms with E-state index in [4.69, 9.17) is 0 Å². The highest BCUT2D eigenvalue weighted by Crippen LogP contribution is 2.25. The second-order valence-corrected chi connectivity index (χ2v) is 2.14. The lowest BCUT2D eigenvalue weighted by atomic mass is 10.6. The molecule has 0 radical (unpaired) electrons. The molecule has 0 aromatic rings. The number of hydrogen-bond acceptors (Lipinski definition) is 0. The minimum absolute atomic E-state index is 1.31. The maximum atomic E-state index is 3.01. The van der Waals surface area contributed by atoms with Crippen LogP contribution in [0.2, 0.25) is 0 Å². The van der Waals surface area contributed by atoms with Crippen molar-refractivity contribution in [1.29, 1.82) is 0 Å². The number of hydrogen-bond donors (Lipinski definition) is 0. The quantitative estimate of drug-likeness (QED) is 0.392. The van der Waals surface area contributed by atoms with Crippen molar-refractivity contribution in [3.8, 4) is 0 Å². The van der Waals surface area contributed by atoms with Crippen LogP contribution in [-0.2, 0) is 0 Å². The molecule has 0 aliphatic heterocycles. The van der Waals surface area contributed by atoms with Crippen molar-refractivity contribution in [3.05, 3.63) is 14.9 Å². The molecule has 0 saturated heterocycles. The van der Waals surface area contributed by atoms with E-state index in [0.29, 0.717) is 0 Å². The van der Waals surface area contributed by atoms with Crippen LogP contribution < -0.4 is 0 Å². The molecule has 0 nitrogen and oxygen atoms in total. The first-order chi connectivity index (χ1) is 2.30. The van der Waals surface area contributed by atoms with Gasteiger partial charge in [0.25, 0.3) is 0 Å². The molecule has 0 fully saturated rings. The summed E-state index contributed by atoms with van der Waals surface area (Å²) >= 11 is 2.25. The fourth-order valence-corrected chi connectivity index (χ4v) is 0.538. The lowest BCUT2D eigenvalue weighted by molar-refractivity contribution is 1.68. The van der Waals surface area contributed by atoms with Gasteiger partial charge in [-0.2, -0.15) is 0 Å². The van der Waals surface area contributed by atoms with E-state index < -0.39 is 0 Å². The molecule has 0 aromatic carbocycles. The third kappa shape index (κ3) is 0.551. The molecular formula is C4H3I. The maximum absolute atomic E-state index is 3.01. The Morgan fingerprint density at radius 2 is 2.00 bits per heavy atom. The predicted octanol–water partition coefficient (Wildman–Crippen LogP) is 1.86. The molecule has 0 unspecified atom stereocenters. The van der Waals surface area contributed by atoms with Gasteiger partial charge in [-0.25, -0.2) is 0 Å². The topological polar surface area (TPSA) is 0 Å². The molecule has 0 aromatic heterocycles. The van der Waals surface area contributed by atoms with Crippen molar-refractivity contribution in [2.24, 2.45) is 0 Å². The summed E-state index contributed by atoms with van der Waals surface area (Å²) in [6.07, 6.45) is 0. The van der Waals surface area contributed by atoms with Gasteiger partial charge < -0.3 is 0 Å². The Bertz CT molecular complexity index is 104. The monoisotopic (exact) mass is 178 g/mol. The van der Waals surface area contributed by atoms with Crippen LogP contribution in [0, 0.1) is 0 Å². The fourth-order valence-electron chi connectivity index (χ4n) is 0.133. The summed E-state index contributed by atoms with van der Waals surface area (Å²) in [5.74, 6) is 0. The molecule has 1 aliphatic rings. The van der Waals surface area contributed by atoms with Gasteiger partial charge in [0.1, 0.15) is 0 Å². The van der Waals surface area contributed by atoms with Crippen molar-refractivity contribution in [1.82, 2.24) is 0 Å². The van der Waals surface area contributed by atoms with E-state index in [9.17, 15) is 0 Å². The van der Waals surface area contributed by atoms with E-state index in [1.54, 1.807) is 0 Å². The Kier molecular flexibility index (Phi) is 0.588. The predicted molar refractivity (Wildman–Crippen MR) is 30.2 cm³/mol. The first-order valence-electron chi connectivity index (χ1n) is 1.44. The van der Waals surface area contributed by atoms with Crippen molar-refractivity contribution < 1.29 is 0 Å². The van der Waals surface area contributed by atoms with Crippen LogP contribution in [0.1, 0.15) is 6.92 Å². The van der Waals surface area contributed by atoms with E-state index in [1.807, 2.05) is 0 Å². The van der Waals surface area contributed by atoms with Gasteiger partial charge >= 0.3 is 0 Å². The highest BCUT2D eigenvalue weighted by molar-refractivity contribution is 14.1. The van der Waals surface area contributed by atoms with Crippen molar-refractivity contribution in [2.45, 2.75) is 6.92 Å². The molecule has 0 atom stereocenters. The summed E-state index contributed by atoms with van der Waals surface area (Å²) in [6, 6.07) is 0. The van der Waals surface area contributed by atoms with E-state index in [2.05, 4.69) is 35.2 Å². The largest absolute Gasteiger partial charge is 0.100 e. The summed E-state index contributed by atoms with van der Waals surface area (Å²) in [5, 5.41) is 0. The molecule has 0 amide bonds. The zero-order valence-corrected chi connectivity index (χ0v) is 5.04. The van der Waals surface area contributed by atoms with Gasteiger partial charge in [-0.1, -0.05) is 0 Å². The van der Waals surface area contributed by atoms with Gasteiger partial charge in [-0.3, -0.25) is 0 Å².